The second-order valence-electron chi connectivity index (χ2n) is 3.25. The first kappa shape index (κ1) is 12.6. The Hall–Kier alpha value is -1.49. The molecule has 2 nitrogen and oxygen atoms in total. The van der Waals surface area contributed by atoms with Crippen LogP contribution in [0.15, 0.2) is 54.6 Å². The molecule has 2 rings (SSSR count). The Balaban J connectivity index is 0.00000128. The molecule has 0 aromatic heterocycles. The Morgan fingerprint density at radius 2 is 1.38 bits per heavy atom. The Kier molecular flexibility index (Phi) is 4.36. The molecule has 76 valence electrons. The van der Waals surface area contributed by atoms with Crippen LogP contribution in [0.4, 0.5) is 0 Å². The van der Waals surface area contributed by atoms with Gasteiger partial charge in [0.2, 0.25) is 0 Å². The third-order valence-corrected chi connectivity index (χ3v) is 2.24. The molecule has 0 heterocycles. The number of carboxylic acids is 1. The van der Waals surface area contributed by atoms with Gasteiger partial charge in [0.15, 0.2) is 0 Å². The molecule has 2 aromatic carbocycles. The largest absolute Gasteiger partial charge is 1.00 e. The van der Waals surface area contributed by atoms with Gasteiger partial charge in [0.25, 0.3) is 0 Å². The predicted octanol–water partition coefficient (Wildman–Crippen LogP) is 0.168. The minimum Gasteiger partial charge on any atom is -1.00 e. The van der Waals surface area contributed by atoms with Crippen molar-refractivity contribution in [1.29, 1.82) is 0 Å². The molecule has 0 aliphatic heterocycles. The molecule has 0 amide bonds. The SMILES string of the molecule is O=C(O)c1ccc(-c2ccccc2)cc1.[H-].[Li+]. The van der Waals surface area contributed by atoms with E-state index in [1.807, 2.05) is 42.5 Å². The average molecular weight is 206 g/mol. The van der Waals surface area contributed by atoms with Gasteiger partial charge in [-0.1, -0.05) is 42.5 Å². The third kappa shape index (κ3) is 2.76. The summed E-state index contributed by atoms with van der Waals surface area (Å²) in [7, 11) is 0. The van der Waals surface area contributed by atoms with Crippen molar-refractivity contribution >= 4 is 5.97 Å². The average Bonchev–Trinajstić information content (AvgIpc) is 2.30. The quantitative estimate of drug-likeness (QED) is 0.711. The van der Waals surface area contributed by atoms with Crippen molar-refractivity contribution in [3.05, 3.63) is 60.2 Å². The zero-order valence-corrected chi connectivity index (χ0v) is 9.05. The monoisotopic (exact) mass is 206 g/mol. The minimum atomic E-state index is -0.894. The Morgan fingerprint density at radius 1 is 0.875 bits per heavy atom. The summed E-state index contributed by atoms with van der Waals surface area (Å²) < 4.78 is 0. The van der Waals surface area contributed by atoms with Crippen molar-refractivity contribution in [3.8, 4) is 11.1 Å². The Labute approximate surface area is 108 Å². The first-order valence-electron chi connectivity index (χ1n) is 4.66. The van der Waals surface area contributed by atoms with Crippen LogP contribution in [0.1, 0.15) is 11.8 Å². The van der Waals surface area contributed by atoms with Crippen LogP contribution in [0, 0.1) is 0 Å². The summed E-state index contributed by atoms with van der Waals surface area (Å²) >= 11 is 0. The number of carbonyl (C=O) groups is 1. The summed E-state index contributed by atoms with van der Waals surface area (Å²) in [6.07, 6.45) is 0. The number of benzene rings is 2. The third-order valence-electron chi connectivity index (χ3n) is 2.24. The van der Waals surface area contributed by atoms with Gasteiger partial charge >= 0.3 is 24.8 Å². The van der Waals surface area contributed by atoms with Gasteiger partial charge < -0.3 is 6.53 Å². The summed E-state index contributed by atoms with van der Waals surface area (Å²) in [5.74, 6) is -0.894. The number of rotatable bonds is 2. The second kappa shape index (κ2) is 5.55. The van der Waals surface area contributed by atoms with Crippen LogP contribution >= 0.6 is 0 Å². The molecular weight excluding hydrogens is 195 g/mol. The van der Waals surface area contributed by atoms with E-state index in [1.54, 1.807) is 12.1 Å². The molecule has 0 bridgehead atoms. The molecule has 2 aromatic rings. The van der Waals surface area contributed by atoms with Gasteiger partial charge in [0.05, 0.1) is 5.56 Å². The van der Waals surface area contributed by atoms with Crippen molar-refractivity contribution in [1.82, 2.24) is 0 Å². The van der Waals surface area contributed by atoms with Gasteiger partial charge in [0.1, 0.15) is 0 Å². The van der Waals surface area contributed by atoms with E-state index in [-0.39, 0.29) is 20.3 Å². The van der Waals surface area contributed by atoms with Crippen molar-refractivity contribution in [2.75, 3.05) is 0 Å². The molecule has 0 saturated heterocycles. The van der Waals surface area contributed by atoms with Crippen molar-refractivity contribution in [2.24, 2.45) is 0 Å². The Bertz CT molecular complexity index is 469. The van der Waals surface area contributed by atoms with E-state index in [9.17, 15) is 4.79 Å². The predicted molar refractivity (Wildman–Crippen MR) is 59.9 cm³/mol. The van der Waals surface area contributed by atoms with Gasteiger partial charge in [-0.15, -0.1) is 0 Å². The first-order valence-corrected chi connectivity index (χ1v) is 4.66. The van der Waals surface area contributed by atoms with Crippen LogP contribution < -0.4 is 18.9 Å². The fraction of sp³-hybridized carbons (Fsp3) is 0. The van der Waals surface area contributed by atoms with E-state index in [2.05, 4.69) is 0 Å². The van der Waals surface area contributed by atoms with Crippen LogP contribution in [-0.4, -0.2) is 11.1 Å². The summed E-state index contributed by atoms with van der Waals surface area (Å²) in [6.45, 7) is 0. The molecular formula is C13H11LiO2. The summed E-state index contributed by atoms with van der Waals surface area (Å²) in [6, 6.07) is 16.7. The summed E-state index contributed by atoms with van der Waals surface area (Å²) in [5.41, 5.74) is 2.43. The fourth-order valence-corrected chi connectivity index (χ4v) is 1.44. The topological polar surface area (TPSA) is 37.3 Å². The zero-order chi connectivity index (χ0) is 10.7. The van der Waals surface area contributed by atoms with E-state index in [4.69, 9.17) is 5.11 Å². The van der Waals surface area contributed by atoms with Crippen LogP contribution in [0.3, 0.4) is 0 Å². The summed E-state index contributed by atoms with van der Waals surface area (Å²) in [5, 5.41) is 8.75. The van der Waals surface area contributed by atoms with Crippen LogP contribution in [-0.2, 0) is 0 Å². The molecule has 0 unspecified atom stereocenters. The van der Waals surface area contributed by atoms with Gasteiger partial charge in [-0.2, -0.15) is 0 Å². The molecule has 0 saturated carbocycles. The molecule has 0 radical (unpaired) electrons. The molecule has 0 spiro atoms. The maximum Gasteiger partial charge on any atom is 1.00 e. The van der Waals surface area contributed by atoms with Crippen molar-refractivity contribution in [3.63, 3.8) is 0 Å². The molecule has 0 aliphatic carbocycles. The smallest absolute Gasteiger partial charge is 1.00 e. The van der Waals surface area contributed by atoms with E-state index < -0.39 is 5.97 Å². The molecule has 0 atom stereocenters. The molecule has 0 fully saturated rings. The van der Waals surface area contributed by atoms with Crippen LogP contribution in [0.5, 0.6) is 0 Å². The minimum absolute atomic E-state index is 0. The van der Waals surface area contributed by atoms with E-state index in [0.29, 0.717) is 5.56 Å². The normalized spacial score (nSPS) is 9.25. The van der Waals surface area contributed by atoms with Crippen molar-refractivity contribution in [2.45, 2.75) is 0 Å². The first-order chi connectivity index (χ1) is 7.27. The van der Waals surface area contributed by atoms with Gasteiger partial charge in [-0.25, -0.2) is 4.79 Å². The van der Waals surface area contributed by atoms with E-state index in [0.717, 1.165) is 11.1 Å². The molecule has 1 N–H and O–H groups in total. The fourth-order valence-electron chi connectivity index (χ4n) is 1.44. The standard InChI is InChI=1S/C13H10O2.Li.H/c14-13(15)12-8-6-11(7-9-12)10-4-2-1-3-5-10;;/h1-9H,(H,14,15);;/q;+1;-1. The second-order valence-corrected chi connectivity index (χ2v) is 3.25. The maximum atomic E-state index is 10.6. The number of aromatic carboxylic acids is 1. The molecule has 16 heavy (non-hydrogen) atoms. The van der Waals surface area contributed by atoms with E-state index >= 15 is 0 Å². The van der Waals surface area contributed by atoms with Gasteiger partial charge in [-0.05, 0) is 23.3 Å². The molecule has 0 aliphatic rings. The van der Waals surface area contributed by atoms with Gasteiger partial charge in [-0.3, -0.25) is 0 Å². The van der Waals surface area contributed by atoms with Crippen LogP contribution in [0.2, 0.25) is 0 Å². The number of carboxylic acid groups (broad SMARTS) is 1. The number of hydrogen-bond donors (Lipinski definition) is 1. The summed E-state index contributed by atoms with van der Waals surface area (Å²) in [4.78, 5) is 10.6. The van der Waals surface area contributed by atoms with Crippen molar-refractivity contribution < 1.29 is 30.2 Å². The number of hydrogen-bond acceptors (Lipinski definition) is 1. The van der Waals surface area contributed by atoms with Crippen LogP contribution in [0.25, 0.3) is 11.1 Å². The van der Waals surface area contributed by atoms with Gasteiger partial charge in [0, 0.05) is 0 Å². The van der Waals surface area contributed by atoms with E-state index in [1.165, 1.54) is 0 Å². The Morgan fingerprint density at radius 3 is 1.88 bits per heavy atom. The zero-order valence-electron chi connectivity index (χ0n) is 10.1. The maximum absolute atomic E-state index is 10.6. The molecule has 3 heteroatoms.